The molecular weight excluding hydrogens is 398 g/mol. The van der Waals surface area contributed by atoms with Crippen LogP contribution in [0.1, 0.15) is 41.3 Å². The van der Waals surface area contributed by atoms with Crippen LogP contribution in [0.3, 0.4) is 0 Å². The maximum Gasteiger partial charge on any atom is 0.287 e. The Bertz CT molecular complexity index is 1170. The van der Waals surface area contributed by atoms with Crippen LogP contribution in [0, 0.1) is 13.8 Å². The van der Waals surface area contributed by atoms with Crippen LogP contribution in [0.25, 0.3) is 5.69 Å². The second-order valence-corrected chi connectivity index (χ2v) is 8.11. The fraction of sp³-hybridized carbons (Fsp3) is 0.192. The predicted molar refractivity (Wildman–Crippen MR) is 125 cm³/mol. The molecule has 162 valence electrons. The van der Waals surface area contributed by atoms with Crippen molar-refractivity contribution in [1.82, 2.24) is 14.8 Å². The number of quaternary nitrogens is 1. The van der Waals surface area contributed by atoms with Crippen LogP contribution in [0.5, 0.6) is 0 Å². The van der Waals surface area contributed by atoms with Crippen LogP contribution < -0.4 is 10.6 Å². The summed E-state index contributed by atoms with van der Waals surface area (Å²) in [5, 5.41) is 9.43. The zero-order chi connectivity index (χ0) is 22.5. The molecule has 6 heteroatoms. The third kappa shape index (κ3) is 4.92. The number of nitrogens with two attached hydrogens (primary N) is 1. The van der Waals surface area contributed by atoms with Gasteiger partial charge in [-0.05, 0) is 50.1 Å². The van der Waals surface area contributed by atoms with E-state index in [2.05, 4.69) is 45.8 Å². The van der Waals surface area contributed by atoms with Crippen molar-refractivity contribution < 1.29 is 10.1 Å². The molecule has 0 saturated heterocycles. The summed E-state index contributed by atoms with van der Waals surface area (Å²) in [7, 11) is 0. The van der Waals surface area contributed by atoms with Gasteiger partial charge in [0.25, 0.3) is 5.91 Å². The molecule has 3 aromatic carbocycles. The lowest BCUT2D eigenvalue weighted by Crippen LogP contribution is -2.87. The monoisotopic (exact) mass is 426 g/mol. The number of anilines is 1. The predicted octanol–water partition coefficient (Wildman–Crippen LogP) is 3.89. The number of nitrogens with zero attached hydrogens (tertiary/aromatic N) is 3. The molecule has 1 aromatic heterocycles. The van der Waals surface area contributed by atoms with Gasteiger partial charge in [-0.2, -0.15) is 5.10 Å². The van der Waals surface area contributed by atoms with Crippen LogP contribution in [-0.4, -0.2) is 20.7 Å². The van der Waals surface area contributed by atoms with Gasteiger partial charge in [-0.25, -0.2) is 9.67 Å². The molecule has 0 aliphatic carbocycles. The van der Waals surface area contributed by atoms with Crippen molar-refractivity contribution in [3.05, 3.63) is 108 Å². The number of rotatable bonds is 7. The zero-order valence-electron chi connectivity index (χ0n) is 18.6. The number of benzene rings is 3. The molecule has 0 fully saturated rings. The van der Waals surface area contributed by atoms with E-state index < -0.39 is 0 Å². The van der Waals surface area contributed by atoms with Crippen LogP contribution in [0.15, 0.2) is 85.5 Å². The van der Waals surface area contributed by atoms with Crippen LogP contribution in [0.2, 0.25) is 0 Å². The third-order valence-electron chi connectivity index (χ3n) is 5.68. The molecule has 1 amide bonds. The normalized spacial score (nSPS) is 12.8. The number of nitrogens with one attached hydrogen (secondary N) is 1. The van der Waals surface area contributed by atoms with Gasteiger partial charge >= 0.3 is 0 Å². The SMILES string of the molecule is Cc1ccc(C)c(NC(=O)[C@H]([NH2+][C@H](C)c2ccc(-n3cncn3)cc2)c2ccccc2)c1. The van der Waals surface area contributed by atoms with Gasteiger partial charge in [0.2, 0.25) is 0 Å². The first kappa shape index (κ1) is 21.5. The lowest BCUT2D eigenvalue weighted by molar-refractivity contribution is -0.718. The molecule has 0 aliphatic rings. The minimum Gasteiger partial charge on any atom is -0.326 e. The fourth-order valence-corrected chi connectivity index (χ4v) is 3.76. The molecule has 6 nitrogen and oxygen atoms in total. The maximum absolute atomic E-state index is 13.4. The number of aryl methyl sites for hydroxylation is 2. The quantitative estimate of drug-likeness (QED) is 0.471. The van der Waals surface area contributed by atoms with Crippen molar-refractivity contribution in [2.24, 2.45) is 0 Å². The molecule has 3 N–H and O–H groups in total. The standard InChI is InChI=1S/C26H27N5O/c1-18-9-10-19(2)24(15-18)30-26(32)25(22-7-5-4-6-8-22)29-20(3)21-11-13-23(14-12-21)31-17-27-16-28-31/h4-17,20,25,29H,1-3H3,(H,30,32)/p+1/t20-,25-/m1/s1. The Hall–Kier alpha value is -3.77. The average Bonchev–Trinajstić information content (AvgIpc) is 3.35. The number of aromatic nitrogens is 3. The molecular formula is C26H28N5O+. The Labute approximate surface area is 188 Å². The van der Waals surface area contributed by atoms with Gasteiger partial charge in [-0.3, -0.25) is 4.79 Å². The Kier molecular flexibility index (Phi) is 6.42. The van der Waals surface area contributed by atoms with E-state index in [0.29, 0.717) is 0 Å². The second-order valence-electron chi connectivity index (χ2n) is 8.11. The number of hydrogen-bond acceptors (Lipinski definition) is 3. The van der Waals surface area contributed by atoms with E-state index in [1.165, 1.54) is 6.33 Å². The van der Waals surface area contributed by atoms with Gasteiger partial charge in [0.05, 0.1) is 5.69 Å². The summed E-state index contributed by atoms with van der Waals surface area (Å²) in [4.78, 5) is 17.4. The Morgan fingerprint density at radius 3 is 2.41 bits per heavy atom. The van der Waals surface area contributed by atoms with Crippen molar-refractivity contribution in [3.8, 4) is 5.69 Å². The van der Waals surface area contributed by atoms with E-state index in [9.17, 15) is 4.79 Å². The van der Waals surface area contributed by atoms with Crippen LogP contribution >= 0.6 is 0 Å². The molecule has 0 bridgehead atoms. The molecule has 0 spiro atoms. The molecule has 2 atom stereocenters. The van der Waals surface area contributed by atoms with E-state index >= 15 is 0 Å². The van der Waals surface area contributed by atoms with Crippen LogP contribution in [-0.2, 0) is 4.79 Å². The minimum absolute atomic E-state index is 0.0315. The molecule has 4 aromatic rings. The van der Waals surface area contributed by atoms with E-state index in [1.807, 2.05) is 68.4 Å². The number of hydrogen-bond donors (Lipinski definition) is 2. The highest BCUT2D eigenvalue weighted by Crippen LogP contribution is 2.20. The molecule has 0 saturated carbocycles. The fourth-order valence-electron chi connectivity index (χ4n) is 3.76. The number of carbonyl (C=O) groups is 1. The second kappa shape index (κ2) is 9.58. The van der Waals surface area contributed by atoms with E-state index in [0.717, 1.165) is 33.6 Å². The lowest BCUT2D eigenvalue weighted by Gasteiger charge is -2.21. The highest BCUT2D eigenvalue weighted by atomic mass is 16.2. The van der Waals surface area contributed by atoms with Gasteiger partial charge in [-0.1, -0.05) is 54.6 Å². The Morgan fingerprint density at radius 2 is 1.72 bits per heavy atom. The van der Waals surface area contributed by atoms with Gasteiger partial charge in [0.1, 0.15) is 18.7 Å². The summed E-state index contributed by atoms with van der Waals surface area (Å²) >= 11 is 0. The first-order chi connectivity index (χ1) is 15.5. The first-order valence-corrected chi connectivity index (χ1v) is 10.7. The smallest absolute Gasteiger partial charge is 0.287 e. The number of carbonyl (C=O) groups excluding carboxylic acids is 1. The lowest BCUT2D eigenvalue weighted by atomic mass is 10.0. The van der Waals surface area contributed by atoms with E-state index in [1.54, 1.807) is 11.0 Å². The molecule has 32 heavy (non-hydrogen) atoms. The van der Waals surface area contributed by atoms with Crippen molar-refractivity contribution in [2.75, 3.05) is 5.32 Å². The van der Waals surface area contributed by atoms with Crippen molar-refractivity contribution in [2.45, 2.75) is 32.9 Å². The summed E-state index contributed by atoms with van der Waals surface area (Å²) in [5.41, 5.74) is 6.08. The third-order valence-corrected chi connectivity index (χ3v) is 5.68. The largest absolute Gasteiger partial charge is 0.326 e. The van der Waals surface area contributed by atoms with Gasteiger partial charge in [0, 0.05) is 16.8 Å². The summed E-state index contributed by atoms with van der Waals surface area (Å²) in [6, 6.07) is 23.9. The first-order valence-electron chi connectivity index (χ1n) is 10.7. The number of amides is 1. The minimum atomic E-state index is -0.374. The van der Waals surface area contributed by atoms with Gasteiger partial charge in [-0.15, -0.1) is 0 Å². The van der Waals surface area contributed by atoms with E-state index in [4.69, 9.17) is 0 Å². The summed E-state index contributed by atoms with van der Waals surface area (Å²) in [5.74, 6) is -0.0315. The highest BCUT2D eigenvalue weighted by molar-refractivity contribution is 5.95. The van der Waals surface area contributed by atoms with Crippen LogP contribution in [0.4, 0.5) is 5.69 Å². The average molecular weight is 427 g/mol. The maximum atomic E-state index is 13.4. The topological polar surface area (TPSA) is 76.4 Å². The Morgan fingerprint density at radius 1 is 0.969 bits per heavy atom. The van der Waals surface area contributed by atoms with E-state index in [-0.39, 0.29) is 18.0 Å². The van der Waals surface area contributed by atoms with Crippen molar-refractivity contribution >= 4 is 11.6 Å². The summed E-state index contributed by atoms with van der Waals surface area (Å²) in [6.07, 6.45) is 3.19. The Balaban J connectivity index is 1.55. The molecule has 0 radical (unpaired) electrons. The van der Waals surface area contributed by atoms with Crippen molar-refractivity contribution in [3.63, 3.8) is 0 Å². The molecule has 1 heterocycles. The van der Waals surface area contributed by atoms with Gasteiger partial charge < -0.3 is 10.6 Å². The van der Waals surface area contributed by atoms with Gasteiger partial charge in [0.15, 0.2) is 6.04 Å². The molecule has 4 rings (SSSR count). The summed E-state index contributed by atoms with van der Waals surface area (Å²) < 4.78 is 1.72. The summed E-state index contributed by atoms with van der Waals surface area (Å²) in [6.45, 7) is 6.15. The molecule has 0 unspecified atom stereocenters. The highest BCUT2D eigenvalue weighted by Gasteiger charge is 2.27. The molecule has 0 aliphatic heterocycles. The van der Waals surface area contributed by atoms with Crippen molar-refractivity contribution in [1.29, 1.82) is 0 Å². The zero-order valence-corrected chi connectivity index (χ0v) is 18.6.